The van der Waals surface area contributed by atoms with E-state index in [-0.39, 0.29) is 11.9 Å². The van der Waals surface area contributed by atoms with Gasteiger partial charge in [-0.1, -0.05) is 12.1 Å². The van der Waals surface area contributed by atoms with Gasteiger partial charge in [0.25, 0.3) is 0 Å². The lowest BCUT2D eigenvalue weighted by Crippen LogP contribution is -2.38. The number of fused-ring (bicyclic) bond motifs is 1. The fraction of sp³-hybridized carbons (Fsp3) is 0.316. The van der Waals surface area contributed by atoms with Crippen LogP contribution in [0.4, 0.5) is 0 Å². The molecule has 5 nitrogen and oxygen atoms in total. The van der Waals surface area contributed by atoms with Crippen molar-refractivity contribution >= 4 is 5.65 Å². The molecule has 3 heterocycles. The maximum atomic E-state index is 9.68. The number of rotatable bonds is 3. The maximum absolute atomic E-state index is 9.68. The van der Waals surface area contributed by atoms with Gasteiger partial charge in [-0.3, -0.25) is 4.90 Å². The van der Waals surface area contributed by atoms with Gasteiger partial charge in [-0.2, -0.15) is 0 Å². The Bertz CT molecular complexity index is 859. The Balaban J connectivity index is 1.52. The van der Waals surface area contributed by atoms with Crippen LogP contribution in [-0.4, -0.2) is 39.1 Å². The zero-order valence-corrected chi connectivity index (χ0v) is 13.7. The highest BCUT2D eigenvalue weighted by molar-refractivity contribution is 5.43. The van der Waals surface area contributed by atoms with E-state index in [0.717, 1.165) is 30.8 Å². The van der Waals surface area contributed by atoms with Crippen LogP contribution in [0.15, 0.2) is 48.8 Å². The number of imidazole rings is 1. The predicted octanol–water partition coefficient (Wildman–Crippen LogP) is 2.92. The second-order valence-electron chi connectivity index (χ2n) is 6.37. The summed E-state index contributed by atoms with van der Waals surface area (Å²) >= 11 is 0. The van der Waals surface area contributed by atoms with Gasteiger partial charge in [0.05, 0.1) is 24.6 Å². The van der Waals surface area contributed by atoms with Crippen LogP contribution in [0, 0.1) is 6.92 Å². The van der Waals surface area contributed by atoms with E-state index in [1.807, 2.05) is 18.3 Å². The van der Waals surface area contributed by atoms with Crippen LogP contribution in [0.5, 0.6) is 5.75 Å². The summed E-state index contributed by atoms with van der Waals surface area (Å²) in [6.45, 7) is 5.31. The SMILES string of the molecule is Cc1ccn2c(CN3CCOC(c4cccc(O)c4)C3)cnc2c1. The number of phenols is 1. The molecule has 1 unspecified atom stereocenters. The van der Waals surface area contributed by atoms with E-state index < -0.39 is 0 Å². The molecule has 1 aromatic carbocycles. The fourth-order valence-electron chi connectivity index (χ4n) is 3.25. The van der Waals surface area contributed by atoms with Gasteiger partial charge in [-0.25, -0.2) is 4.98 Å². The van der Waals surface area contributed by atoms with Crippen LogP contribution in [-0.2, 0) is 11.3 Å². The first-order valence-corrected chi connectivity index (χ1v) is 8.24. The van der Waals surface area contributed by atoms with E-state index in [2.05, 4.69) is 39.5 Å². The number of aromatic hydroxyl groups is 1. The fourth-order valence-corrected chi connectivity index (χ4v) is 3.25. The van der Waals surface area contributed by atoms with Crippen molar-refractivity contribution in [3.05, 3.63) is 65.6 Å². The molecule has 4 rings (SSSR count). The highest BCUT2D eigenvalue weighted by Gasteiger charge is 2.23. The average Bonchev–Trinajstić information content (AvgIpc) is 2.97. The molecule has 0 amide bonds. The quantitative estimate of drug-likeness (QED) is 0.805. The number of nitrogens with zero attached hydrogens (tertiary/aromatic N) is 3. The number of aryl methyl sites for hydroxylation is 1. The minimum absolute atomic E-state index is 0.00715. The highest BCUT2D eigenvalue weighted by atomic mass is 16.5. The lowest BCUT2D eigenvalue weighted by atomic mass is 10.1. The molecule has 0 spiro atoms. The summed E-state index contributed by atoms with van der Waals surface area (Å²) in [6.07, 6.45) is 4.03. The van der Waals surface area contributed by atoms with Crippen LogP contribution in [0.1, 0.15) is 22.9 Å². The molecular weight excluding hydrogens is 302 g/mol. The molecule has 0 bridgehead atoms. The lowest BCUT2D eigenvalue weighted by molar-refractivity contribution is -0.0334. The Morgan fingerprint density at radius 2 is 2.21 bits per heavy atom. The molecule has 5 heteroatoms. The largest absolute Gasteiger partial charge is 0.508 e. The van der Waals surface area contributed by atoms with E-state index in [9.17, 15) is 5.11 Å². The van der Waals surface area contributed by atoms with Crippen LogP contribution >= 0.6 is 0 Å². The third kappa shape index (κ3) is 3.00. The van der Waals surface area contributed by atoms with Crippen LogP contribution in [0.25, 0.3) is 5.65 Å². The summed E-state index contributed by atoms with van der Waals surface area (Å²) in [4.78, 5) is 6.88. The summed E-state index contributed by atoms with van der Waals surface area (Å²) in [6, 6.07) is 11.5. The van der Waals surface area contributed by atoms with Crippen molar-refractivity contribution in [1.82, 2.24) is 14.3 Å². The van der Waals surface area contributed by atoms with Gasteiger partial charge in [0.15, 0.2) is 0 Å². The van der Waals surface area contributed by atoms with Gasteiger partial charge in [0, 0.05) is 25.8 Å². The van der Waals surface area contributed by atoms with Gasteiger partial charge in [-0.15, -0.1) is 0 Å². The van der Waals surface area contributed by atoms with Gasteiger partial charge in [0.2, 0.25) is 0 Å². The summed E-state index contributed by atoms with van der Waals surface area (Å²) in [5, 5.41) is 9.68. The van der Waals surface area contributed by atoms with Crippen molar-refractivity contribution in [1.29, 1.82) is 0 Å². The average molecular weight is 323 g/mol. The third-order valence-corrected chi connectivity index (χ3v) is 4.52. The standard InChI is InChI=1S/C19H21N3O2/c1-14-5-6-22-16(11-20-19(22)9-14)12-21-7-8-24-18(13-21)15-3-2-4-17(23)10-15/h2-6,9-11,18,23H,7-8,12-13H2,1H3. The molecule has 0 saturated carbocycles. The monoisotopic (exact) mass is 323 g/mol. The molecule has 24 heavy (non-hydrogen) atoms. The molecule has 3 aromatic rings. The molecule has 1 fully saturated rings. The third-order valence-electron chi connectivity index (χ3n) is 4.52. The molecule has 1 aliphatic rings. The summed E-state index contributed by atoms with van der Waals surface area (Å²) < 4.78 is 8.04. The molecule has 0 aliphatic carbocycles. The molecule has 1 N–H and O–H groups in total. The van der Waals surface area contributed by atoms with Gasteiger partial charge in [0.1, 0.15) is 11.4 Å². The Hall–Kier alpha value is -2.37. The minimum Gasteiger partial charge on any atom is -0.508 e. The number of hydrogen-bond acceptors (Lipinski definition) is 4. The zero-order chi connectivity index (χ0) is 16.5. The predicted molar refractivity (Wildman–Crippen MR) is 92.0 cm³/mol. The van der Waals surface area contributed by atoms with Gasteiger partial charge < -0.3 is 14.2 Å². The van der Waals surface area contributed by atoms with Crippen molar-refractivity contribution in [3.8, 4) is 5.75 Å². The molecule has 0 radical (unpaired) electrons. The zero-order valence-electron chi connectivity index (χ0n) is 13.7. The molecule has 124 valence electrons. The highest BCUT2D eigenvalue weighted by Crippen LogP contribution is 2.25. The van der Waals surface area contributed by atoms with Crippen LogP contribution in [0.3, 0.4) is 0 Å². The Morgan fingerprint density at radius 1 is 1.29 bits per heavy atom. The number of hydrogen-bond donors (Lipinski definition) is 1. The van der Waals surface area contributed by atoms with E-state index >= 15 is 0 Å². The van der Waals surface area contributed by atoms with Crippen LogP contribution < -0.4 is 0 Å². The van der Waals surface area contributed by atoms with Crippen molar-refractivity contribution in [2.24, 2.45) is 0 Å². The lowest BCUT2D eigenvalue weighted by Gasteiger charge is -2.33. The normalized spacial score (nSPS) is 19.0. The minimum atomic E-state index is -0.00715. The Kier molecular flexibility index (Phi) is 3.96. The van der Waals surface area contributed by atoms with Crippen molar-refractivity contribution in [3.63, 3.8) is 0 Å². The molecule has 1 atom stereocenters. The Labute approximate surface area is 141 Å². The number of ether oxygens (including phenoxy) is 1. The summed E-state index contributed by atoms with van der Waals surface area (Å²) in [5.74, 6) is 0.283. The number of aromatic nitrogens is 2. The van der Waals surface area contributed by atoms with Crippen molar-refractivity contribution < 1.29 is 9.84 Å². The number of pyridine rings is 1. The number of phenolic OH excluding ortho intramolecular Hbond substituents is 1. The number of benzene rings is 1. The summed E-state index contributed by atoms with van der Waals surface area (Å²) in [7, 11) is 0. The topological polar surface area (TPSA) is 50.0 Å². The molecule has 1 aliphatic heterocycles. The van der Waals surface area contributed by atoms with E-state index in [1.54, 1.807) is 12.1 Å². The first-order chi connectivity index (χ1) is 11.7. The number of morpholine rings is 1. The van der Waals surface area contributed by atoms with Gasteiger partial charge in [-0.05, 0) is 42.3 Å². The van der Waals surface area contributed by atoms with Gasteiger partial charge >= 0.3 is 0 Å². The first-order valence-electron chi connectivity index (χ1n) is 8.24. The Morgan fingerprint density at radius 3 is 3.08 bits per heavy atom. The van der Waals surface area contributed by atoms with E-state index in [0.29, 0.717) is 6.61 Å². The molecule has 2 aromatic heterocycles. The van der Waals surface area contributed by atoms with E-state index in [4.69, 9.17) is 4.74 Å². The molecule has 1 saturated heterocycles. The van der Waals surface area contributed by atoms with Crippen molar-refractivity contribution in [2.45, 2.75) is 19.6 Å². The first kappa shape index (κ1) is 15.2. The second-order valence-corrected chi connectivity index (χ2v) is 6.37. The van der Waals surface area contributed by atoms with Crippen molar-refractivity contribution in [2.75, 3.05) is 19.7 Å². The smallest absolute Gasteiger partial charge is 0.137 e. The maximum Gasteiger partial charge on any atom is 0.137 e. The molecular formula is C19H21N3O2. The van der Waals surface area contributed by atoms with E-state index in [1.165, 1.54) is 11.3 Å². The van der Waals surface area contributed by atoms with Crippen LogP contribution in [0.2, 0.25) is 0 Å². The summed E-state index contributed by atoms with van der Waals surface area (Å²) in [5.41, 5.74) is 4.41. The second kappa shape index (κ2) is 6.26.